The van der Waals surface area contributed by atoms with Gasteiger partial charge < -0.3 is 5.32 Å². The summed E-state index contributed by atoms with van der Waals surface area (Å²) in [6.45, 7) is 5.14. The number of hydrogen-bond donors (Lipinski definition) is 1. The third-order valence-electron chi connectivity index (χ3n) is 3.23. The van der Waals surface area contributed by atoms with Crippen molar-refractivity contribution in [2.45, 2.75) is 26.1 Å². The first-order valence-electron chi connectivity index (χ1n) is 6.58. The number of thiophene rings is 1. The van der Waals surface area contributed by atoms with Crippen molar-refractivity contribution in [3.8, 4) is 0 Å². The Kier molecular flexibility index (Phi) is 5.51. The van der Waals surface area contributed by atoms with Crippen molar-refractivity contribution in [2.75, 3.05) is 13.6 Å². The van der Waals surface area contributed by atoms with Crippen LogP contribution < -0.4 is 5.32 Å². The van der Waals surface area contributed by atoms with Crippen LogP contribution >= 0.6 is 11.3 Å². The lowest BCUT2D eigenvalue weighted by atomic mass is 10.2. The van der Waals surface area contributed by atoms with E-state index in [-0.39, 0.29) is 0 Å². The first-order chi connectivity index (χ1) is 9.25. The molecule has 0 radical (unpaired) electrons. The first-order valence-corrected chi connectivity index (χ1v) is 7.46. The van der Waals surface area contributed by atoms with Crippen LogP contribution in [0.3, 0.4) is 0 Å². The lowest BCUT2D eigenvalue weighted by Gasteiger charge is -2.24. The molecule has 4 heteroatoms. The summed E-state index contributed by atoms with van der Waals surface area (Å²) in [5.74, 6) is 0. The number of aromatic nitrogens is 1. The van der Waals surface area contributed by atoms with E-state index in [1.54, 1.807) is 11.3 Å². The molecule has 102 valence electrons. The van der Waals surface area contributed by atoms with Crippen molar-refractivity contribution in [3.63, 3.8) is 0 Å². The zero-order chi connectivity index (χ0) is 13.5. The standard InChI is InChI=1S/C15H21N3S/c1-13(9-17-11-15-6-4-8-19-15)18(2)12-14-5-3-7-16-10-14/h3-8,10,13,17H,9,11-12H2,1-2H3. The van der Waals surface area contributed by atoms with Crippen LogP contribution in [0.1, 0.15) is 17.4 Å². The summed E-state index contributed by atoms with van der Waals surface area (Å²) in [6, 6.07) is 8.87. The van der Waals surface area contributed by atoms with E-state index in [4.69, 9.17) is 0 Å². The molecule has 0 aliphatic heterocycles. The molecule has 1 N–H and O–H groups in total. The molecule has 0 fully saturated rings. The van der Waals surface area contributed by atoms with E-state index >= 15 is 0 Å². The van der Waals surface area contributed by atoms with Crippen molar-refractivity contribution < 1.29 is 0 Å². The molecule has 2 aromatic rings. The highest BCUT2D eigenvalue weighted by Gasteiger charge is 2.09. The fourth-order valence-corrected chi connectivity index (χ4v) is 2.58. The first kappa shape index (κ1) is 14.2. The van der Waals surface area contributed by atoms with Crippen molar-refractivity contribution in [1.29, 1.82) is 0 Å². The van der Waals surface area contributed by atoms with Crippen molar-refractivity contribution in [1.82, 2.24) is 15.2 Å². The minimum Gasteiger partial charge on any atom is -0.310 e. The van der Waals surface area contributed by atoms with Crippen LogP contribution in [0.4, 0.5) is 0 Å². The van der Waals surface area contributed by atoms with Gasteiger partial charge in [-0.25, -0.2) is 0 Å². The van der Waals surface area contributed by atoms with Gasteiger partial charge in [-0.05, 0) is 37.0 Å². The third-order valence-corrected chi connectivity index (χ3v) is 4.10. The van der Waals surface area contributed by atoms with Crippen LogP contribution in [0.5, 0.6) is 0 Å². The maximum absolute atomic E-state index is 4.15. The average molecular weight is 275 g/mol. The summed E-state index contributed by atoms with van der Waals surface area (Å²) >= 11 is 1.80. The number of nitrogens with zero attached hydrogens (tertiary/aromatic N) is 2. The van der Waals surface area contributed by atoms with Gasteiger partial charge in [0.15, 0.2) is 0 Å². The Bertz CT molecular complexity index is 456. The molecule has 0 spiro atoms. The molecule has 1 unspecified atom stereocenters. The predicted molar refractivity (Wildman–Crippen MR) is 81.2 cm³/mol. The molecule has 0 bridgehead atoms. The van der Waals surface area contributed by atoms with E-state index in [1.165, 1.54) is 10.4 Å². The molecule has 2 rings (SSSR count). The summed E-state index contributed by atoms with van der Waals surface area (Å²) < 4.78 is 0. The maximum atomic E-state index is 4.15. The van der Waals surface area contributed by atoms with Crippen molar-refractivity contribution >= 4 is 11.3 Å². The SMILES string of the molecule is CC(CNCc1cccs1)N(C)Cc1cccnc1. The Hall–Kier alpha value is -1.23. The number of likely N-dealkylation sites (N-methyl/N-ethyl adjacent to an activating group) is 1. The minimum absolute atomic E-state index is 0.500. The van der Waals surface area contributed by atoms with Crippen molar-refractivity contribution in [2.24, 2.45) is 0 Å². The number of hydrogen-bond acceptors (Lipinski definition) is 4. The van der Waals surface area contributed by atoms with Gasteiger partial charge in [-0.1, -0.05) is 12.1 Å². The quantitative estimate of drug-likeness (QED) is 0.842. The lowest BCUT2D eigenvalue weighted by molar-refractivity contribution is 0.242. The van der Waals surface area contributed by atoms with Gasteiger partial charge in [-0.15, -0.1) is 11.3 Å². The predicted octanol–water partition coefficient (Wildman–Crippen LogP) is 2.75. The van der Waals surface area contributed by atoms with Gasteiger partial charge >= 0.3 is 0 Å². The number of pyridine rings is 1. The highest BCUT2D eigenvalue weighted by Crippen LogP contribution is 2.08. The maximum Gasteiger partial charge on any atom is 0.0312 e. The molecule has 0 aliphatic carbocycles. The van der Waals surface area contributed by atoms with E-state index in [0.717, 1.165) is 19.6 Å². The molecular formula is C15H21N3S. The molecule has 0 saturated carbocycles. The van der Waals surface area contributed by atoms with Crippen LogP contribution in [0.15, 0.2) is 42.0 Å². The lowest BCUT2D eigenvalue weighted by Crippen LogP contribution is -2.37. The van der Waals surface area contributed by atoms with Gasteiger partial charge in [-0.2, -0.15) is 0 Å². The molecule has 0 aromatic carbocycles. The van der Waals surface area contributed by atoms with Gasteiger partial charge in [0.25, 0.3) is 0 Å². The minimum atomic E-state index is 0.500. The molecule has 0 amide bonds. The highest BCUT2D eigenvalue weighted by atomic mass is 32.1. The van der Waals surface area contributed by atoms with Gasteiger partial charge in [-0.3, -0.25) is 9.88 Å². The summed E-state index contributed by atoms with van der Waals surface area (Å²) in [7, 11) is 2.16. The number of nitrogens with one attached hydrogen (secondary N) is 1. The Balaban J connectivity index is 1.71. The summed E-state index contributed by atoms with van der Waals surface area (Å²) in [5, 5.41) is 5.63. The monoisotopic (exact) mass is 275 g/mol. The van der Waals surface area contributed by atoms with Crippen LogP contribution in [0.25, 0.3) is 0 Å². The van der Waals surface area contributed by atoms with E-state index in [0.29, 0.717) is 6.04 Å². The van der Waals surface area contributed by atoms with Gasteiger partial charge in [0.05, 0.1) is 0 Å². The second-order valence-corrected chi connectivity index (χ2v) is 5.87. The Morgan fingerprint density at radius 1 is 1.37 bits per heavy atom. The third kappa shape index (κ3) is 4.74. The van der Waals surface area contributed by atoms with Crippen molar-refractivity contribution in [3.05, 3.63) is 52.5 Å². The van der Waals surface area contributed by atoms with E-state index in [1.807, 2.05) is 18.5 Å². The fraction of sp³-hybridized carbons (Fsp3) is 0.400. The van der Waals surface area contributed by atoms with Crippen LogP contribution in [-0.4, -0.2) is 29.5 Å². The largest absolute Gasteiger partial charge is 0.310 e. The fourth-order valence-electron chi connectivity index (χ4n) is 1.91. The molecule has 0 aliphatic rings. The zero-order valence-corrected chi connectivity index (χ0v) is 12.4. The smallest absolute Gasteiger partial charge is 0.0312 e. The van der Waals surface area contributed by atoms with Crippen LogP contribution in [0.2, 0.25) is 0 Å². The summed E-state index contributed by atoms with van der Waals surface area (Å²) in [6.07, 6.45) is 3.75. The Morgan fingerprint density at radius 2 is 2.26 bits per heavy atom. The molecule has 2 heterocycles. The van der Waals surface area contributed by atoms with Gasteiger partial charge in [0, 0.05) is 42.9 Å². The van der Waals surface area contributed by atoms with Crippen LogP contribution in [-0.2, 0) is 13.1 Å². The number of rotatable bonds is 7. The molecular weight excluding hydrogens is 254 g/mol. The highest BCUT2D eigenvalue weighted by molar-refractivity contribution is 7.09. The van der Waals surface area contributed by atoms with E-state index in [9.17, 15) is 0 Å². The second-order valence-electron chi connectivity index (χ2n) is 4.84. The molecule has 19 heavy (non-hydrogen) atoms. The molecule has 2 aromatic heterocycles. The Labute approximate surface area is 119 Å². The average Bonchev–Trinajstić information content (AvgIpc) is 2.93. The topological polar surface area (TPSA) is 28.2 Å². The molecule has 0 saturated heterocycles. The molecule has 1 atom stereocenters. The van der Waals surface area contributed by atoms with Gasteiger partial charge in [0.2, 0.25) is 0 Å². The van der Waals surface area contributed by atoms with E-state index < -0.39 is 0 Å². The van der Waals surface area contributed by atoms with Gasteiger partial charge in [0.1, 0.15) is 0 Å². The Morgan fingerprint density at radius 3 is 2.95 bits per heavy atom. The normalized spacial score (nSPS) is 12.8. The molecule has 3 nitrogen and oxygen atoms in total. The summed E-state index contributed by atoms with van der Waals surface area (Å²) in [5.41, 5.74) is 1.26. The summed E-state index contributed by atoms with van der Waals surface area (Å²) in [4.78, 5) is 7.89. The van der Waals surface area contributed by atoms with E-state index in [2.05, 4.69) is 52.8 Å². The van der Waals surface area contributed by atoms with Crippen LogP contribution in [0, 0.1) is 0 Å². The second kappa shape index (κ2) is 7.38. The zero-order valence-electron chi connectivity index (χ0n) is 11.5.